The monoisotopic (exact) mass is 138 g/mol. The van der Waals surface area contributed by atoms with Crippen LogP contribution in [0.15, 0.2) is 0 Å². The lowest BCUT2D eigenvalue weighted by Crippen LogP contribution is -2.72. The van der Waals surface area contributed by atoms with Crippen molar-refractivity contribution >= 4 is 0 Å². The molecule has 0 spiro atoms. The number of nitrogens with two attached hydrogens (primary N) is 1. The summed E-state index contributed by atoms with van der Waals surface area (Å²) in [5.74, 6) is 1.85. The summed E-state index contributed by atoms with van der Waals surface area (Å²) in [7, 11) is 2.24. The van der Waals surface area contributed by atoms with Crippen molar-refractivity contribution in [2.24, 2.45) is 17.6 Å². The van der Waals surface area contributed by atoms with Gasteiger partial charge >= 0.3 is 0 Å². The van der Waals surface area contributed by atoms with Gasteiger partial charge in [-0.2, -0.15) is 0 Å². The summed E-state index contributed by atoms with van der Waals surface area (Å²) < 4.78 is 0. The highest BCUT2D eigenvalue weighted by atomic mass is 15.2. The summed E-state index contributed by atoms with van der Waals surface area (Å²) in [6, 6.07) is 0.865. The van der Waals surface area contributed by atoms with Gasteiger partial charge in [0.1, 0.15) is 0 Å². The van der Waals surface area contributed by atoms with E-state index in [1.807, 2.05) is 0 Å². The summed E-state index contributed by atoms with van der Waals surface area (Å²) >= 11 is 0. The van der Waals surface area contributed by atoms with Crippen molar-refractivity contribution in [1.82, 2.24) is 4.90 Å². The molecule has 1 heterocycles. The van der Waals surface area contributed by atoms with Crippen LogP contribution in [0.1, 0.15) is 12.8 Å². The second kappa shape index (κ2) is 1.28. The fourth-order valence-corrected chi connectivity index (χ4v) is 3.45. The molecule has 2 N–H and O–H groups in total. The molecule has 0 radical (unpaired) electrons. The van der Waals surface area contributed by atoms with Crippen LogP contribution in [0.2, 0.25) is 0 Å². The van der Waals surface area contributed by atoms with Gasteiger partial charge in [0, 0.05) is 18.1 Å². The predicted molar refractivity (Wildman–Crippen MR) is 39.6 cm³/mol. The van der Waals surface area contributed by atoms with Gasteiger partial charge in [0.05, 0.1) is 0 Å². The summed E-state index contributed by atoms with van der Waals surface area (Å²) in [5, 5.41) is 0. The topological polar surface area (TPSA) is 29.3 Å². The molecule has 2 heteroatoms. The Bertz CT molecular complexity index is 190. The van der Waals surface area contributed by atoms with Gasteiger partial charge in [-0.1, -0.05) is 0 Å². The number of hydrogen-bond donors (Lipinski definition) is 1. The maximum absolute atomic E-state index is 6.11. The van der Waals surface area contributed by atoms with E-state index in [0.717, 1.165) is 17.9 Å². The van der Waals surface area contributed by atoms with Gasteiger partial charge < -0.3 is 10.6 Å². The van der Waals surface area contributed by atoms with Crippen LogP contribution >= 0.6 is 0 Å². The molecule has 0 aromatic rings. The number of nitrogens with zero attached hydrogens (tertiary/aromatic N) is 1. The first kappa shape index (κ1) is 5.56. The lowest BCUT2D eigenvalue weighted by Gasteiger charge is -2.61. The Morgan fingerprint density at radius 1 is 1.50 bits per heavy atom. The third kappa shape index (κ3) is 0.372. The van der Waals surface area contributed by atoms with Crippen LogP contribution < -0.4 is 5.73 Å². The fourth-order valence-electron chi connectivity index (χ4n) is 3.45. The molecule has 1 aliphatic heterocycles. The van der Waals surface area contributed by atoms with Gasteiger partial charge in [0.25, 0.3) is 0 Å². The first-order chi connectivity index (χ1) is 4.71. The number of rotatable bonds is 0. The van der Waals surface area contributed by atoms with E-state index in [2.05, 4.69) is 11.9 Å². The molecule has 3 aliphatic rings. The molecular weight excluding hydrogens is 124 g/mol. The maximum Gasteiger partial charge on any atom is 0.0219 e. The average molecular weight is 138 g/mol. The van der Waals surface area contributed by atoms with Crippen molar-refractivity contribution in [2.75, 3.05) is 13.6 Å². The number of hydrogen-bond acceptors (Lipinski definition) is 2. The van der Waals surface area contributed by atoms with Crippen LogP contribution in [-0.4, -0.2) is 30.1 Å². The Kier molecular flexibility index (Phi) is 0.710. The number of likely N-dealkylation sites (tertiary alicyclic amines) is 1. The Morgan fingerprint density at radius 3 is 2.80 bits per heavy atom. The zero-order chi connectivity index (χ0) is 6.93. The molecule has 4 unspecified atom stereocenters. The van der Waals surface area contributed by atoms with Gasteiger partial charge in [-0.15, -0.1) is 0 Å². The van der Waals surface area contributed by atoms with Crippen LogP contribution in [0.3, 0.4) is 0 Å². The maximum atomic E-state index is 6.11. The second-order valence-corrected chi connectivity index (χ2v) is 4.43. The standard InChI is InChI=1S/C8H14N2/c1-10-4-5-2-8(9)3-6(10)7(5)8/h5-7H,2-4,9H2,1H3. The van der Waals surface area contributed by atoms with E-state index in [9.17, 15) is 0 Å². The minimum atomic E-state index is 0.306. The van der Waals surface area contributed by atoms with E-state index < -0.39 is 0 Å². The van der Waals surface area contributed by atoms with Gasteiger partial charge in [-0.05, 0) is 31.7 Å². The van der Waals surface area contributed by atoms with E-state index in [1.54, 1.807) is 0 Å². The SMILES string of the molecule is CN1CC2CC3(N)CC1C23. The van der Waals surface area contributed by atoms with Crippen LogP contribution in [0.4, 0.5) is 0 Å². The van der Waals surface area contributed by atoms with Crippen LogP contribution in [0.5, 0.6) is 0 Å². The molecule has 4 atom stereocenters. The highest BCUT2D eigenvalue weighted by molar-refractivity contribution is 5.24. The molecule has 2 saturated carbocycles. The molecule has 2 aliphatic carbocycles. The molecular formula is C8H14N2. The molecule has 0 bridgehead atoms. The summed E-state index contributed by atoms with van der Waals surface area (Å²) in [6.07, 6.45) is 2.57. The summed E-state index contributed by atoms with van der Waals surface area (Å²) in [4.78, 5) is 2.49. The van der Waals surface area contributed by atoms with Gasteiger partial charge in [-0.3, -0.25) is 0 Å². The molecule has 10 heavy (non-hydrogen) atoms. The van der Waals surface area contributed by atoms with Crippen molar-refractivity contribution in [3.63, 3.8) is 0 Å². The molecule has 3 fully saturated rings. The average Bonchev–Trinajstić information content (AvgIpc) is 1.92. The normalized spacial score (nSPS) is 64.8. The van der Waals surface area contributed by atoms with Crippen molar-refractivity contribution in [2.45, 2.75) is 24.4 Å². The third-order valence-electron chi connectivity index (χ3n) is 3.91. The largest absolute Gasteiger partial charge is 0.325 e. The summed E-state index contributed by atoms with van der Waals surface area (Å²) in [5.41, 5.74) is 6.41. The van der Waals surface area contributed by atoms with E-state index in [0.29, 0.717) is 5.54 Å². The quantitative estimate of drug-likeness (QED) is 0.512. The van der Waals surface area contributed by atoms with Crippen molar-refractivity contribution in [1.29, 1.82) is 0 Å². The Balaban J connectivity index is 1.93. The Hall–Kier alpha value is -0.0800. The van der Waals surface area contributed by atoms with Gasteiger partial charge in [-0.25, -0.2) is 0 Å². The van der Waals surface area contributed by atoms with Crippen molar-refractivity contribution < 1.29 is 0 Å². The fraction of sp³-hybridized carbons (Fsp3) is 1.00. The minimum absolute atomic E-state index is 0.306. The molecule has 2 nitrogen and oxygen atoms in total. The lowest BCUT2D eigenvalue weighted by atomic mass is 9.48. The van der Waals surface area contributed by atoms with Gasteiger partial charge in [0.2, 0.25) is 0 Å². The van der Waals surface area contributed by atoms with Crippen LogP contribution in [0, 0.1) is 11.8 Å². The zero-order valence-corrected chi connectivity index (χ0v) is 6.38. The van der Waals surface area contributed by atoms with E-state index in [4.69, 9.17) is 5.73 Å². The first-order valence-electron chi connectivity index (χ1n) is 4.20. The van der Waals surface area contributed by atoms with Gasteiger partial charge in [0.15, 0.2) is 0 Å². The summed E-state index contributed by atoms with van der Waals surface area (Å²) in [6.45, 7) is 1.31. The van der Waals surface area contributed by atoms with E-state index >= 15 is 0 Å². The Morgan fingerprint density at radius 2 is 2.30 bits per heavy atom. The molecule has 3 rings (SSSR count). The smallest absolute Gasteiger partial charge is 0.0219 e. The molecule has 56 valence electrons. The van der Waals surface area contributed by atoms with Crippen LogP contribution in [0.25, 0.3) is 0 Å². The highest BCUT2D eigenvalue weighted by Crippen LogP contribution is 2.61. The van der Waals surface area contributed by atoms with Crippen LogP contribution in [-0.2, 0) is 0 Å². The predicted octanol–water partition coefficient (Wildman–Crippen LogP) is 0.0377. The molecule has 0 aromatic carbocycles. The third-order valence-corrected chi connectivity index (χ3v) is 3.91. The minimum Gasteiger partial charge on any atom is -0.325 e. The van der Waals surface area contributed by atoms with E-state index in [-0.39, 0.29) is 0 Å². The first-order valence-corrected chi connectivity index (χ1v) is 4.20. The second-order valence-electron chi connectivity index (χ2n) is 4.43. The van der Waals surface area contributed by atoms with Crippen molar-refractivity contribution in [3.8, 4) is 0 Å². The lowest BCUT2D eigenvalue weighted by molar-refractivity contribution is -0.0500. The molecule has 0 amide bonds. The van der Waals surface area contributed by atoms with E-state index in [1.165, 1.54) is 19.4 Å². The zero-order valence-electron chi connectivity index (χ0n) is 6.38. The highest BCUT2D eigenvalue weighted by Gasteiger charge is 2.67. The molecule has 0 aromatic heterocycles. The van der Waals surface area contributed by atoms with Crippen molar-refractivity contribution in [3.05, 3.63) is 0 Å². The Labute approximate surface area is 61.4 Å². The molecule has 1 saturated heterocycles.